The number of aliphatic hydroxyl groups is 1. The molecule has 2 bridgehead atoms. The number of methoxy groups -OCH3 is 3. The van der Waals surface area contributed by atoms with Crippen LogP contribution in [-0.2, 0) is 56.5 Å². The average Bonchev–Trinajstić information content (AvgIpc) is 3.32. The second kappa shape index (κ2) is 27.9. The van der Waals surface area contributed by atoms with Crippen LogP contribution in [0.2, 0.25) is 39.3 Å². The van der Waals surface area contributed by atoms with Gasteiger partial charge < -0.3 is 42.5 Å². The smallest absolute Gasteiger partial charge is 0.329 e. The fourth-order valence-corrected chi connectivity index (χ4v) is 13.5. The van der Waals surface area contributed by atoms with Gasteiger partial charge in [0.1, 0.15) is 24.0 Å². The molecule has 414 valence electrons. The molecule has 0 aromatic carbocycles. The fourth-order valence-electron chi connectivity index (χ4n) is 11.2. The normalized spacial score (nSPS) is 36.6. The Morgan fingerprint density at radius 1 is 0.767 bits per heavy atom. The minimum Gasteiger partial charge on any atom is -0.460 e. The summed E-state index contributed by atoms with van der Waals surface area (Å²) < 4.78 is 43.8. The number of esters is 1. The van der Waals surface area contributed by atoms with Crippen LogP contribution in [0.3, 0.4) is 0 Å². The second-order valence-corrected chi connectivity index (χ2v) is 32.9. The van der Waals surface area contributed by atoms with Crippen molar-refractivity contribution in [1.82, 2.24) is 4.90 Å². The first-order valence-electron chi connectivity index (χ1n) is 27.3. The van der Waals surface area contributed by atoms with Gasteiger partial charge in [-0.3, -0.25) is 19.2 Å². The summed E-state index contributed by atoms with van der Waals surface area (Å²) in [6.07, 6.45) is 14.3. The number of hydrogen-bond acceptors (Lipinski definition) is 13. The minimum atomic E-state index is -2.42. The lowest BCUT2D eigenvalue weighted by atomic mass is 9.78. The first-order chi connectivity index (χ1) is 34.1. The van der Waals surface area contributed by atoms with Crippen LogP contribution in [0.4, 0.5) is 0 Å². The van der Waals surface area contributed by atoms with Crippen molar-refractivity contribution in [3.8, 4) is 0 Å². The van der Waals surface area contributed by atoms with E-state index in [1.54, 1.807) is 21.1 Å². The van der Waals surface area contributed by atoms with E-state index in [0.717, 1.165) is 24.8 Å². The Kier molecular flexibility index (Phi) is 23.9. The Morgan fingerprint density at radius 3 is 2.08 bits per heavy atom. The molecular formula is C57H95NO13Si2. The molecule has 2 saturated heterocycles. The Bertz CT molecular complexity index is 1990. The summed E-state index contributed by atoms with van der Waals surface area (Å²) in [7, 11) is 0.716. The zero-order chi connectivity index (χ0) is 54.6. The molecule has 16 heteroatoms. The minimum absolute atomic E-state index is 0.00537. The first-order valence-corrected chi connectivity index (χ1v) is 34.1. The fraction of sp³-hybridized carbons (Fsp3) is 0.772. The Morgan fingerprint density at radius 2 is 1.45 bits per heavy atom. The number of fused-ring (bicyclic) bond motifs is 3. The maximum atomic E-state index is 14.7. The lowest BCUT2D eigenvalue weighted by Gasteiger charge is -2.42. The number of nitrogens with zero attached hydrogens (tertiary/aromatic N) is 1. The maximum Gasteiger partial charge on any atom is 0.329 e. The van der Waals surface area contributed by atoms with E-state index in [4.69, 9.17) is 32.5 Å². The van der Waals surface area contributed by atoms with E-state index < -0.39 is 88.5 Å². The van der Waals surface area contributed by atoms with Gasteiger partial charge >= 0.3 is 5.97 Å². The summed E-state index contributed by atoms with van der Waals surface area (Å²) in [4.78, 5) is 73.6. The summed E-state index contributed by atoms with van der Waals surface area (Å²) in [6.45, 7) is 26.1. The van der Waals surface area contributed by atoms with Gasteiger partial charge in [-0.05, 0) is 146 Å². The monoisotopic (exact) mass is 1060 g/mol. The van der Waals surface area contributed by atoms with Gasteiger partial charge in [0.15, 0.2) is 22.4 Å². The van der Waals surface area contributed by atoms with Crippen molar-refractivity contribution in [2.24, 2.45) is 35.5 Å². The van der Waals surface area contributed by atoms with Gasteiger partial charge in [-0.25, -0.2) is 4.79 Å². The van der Waals surface area contributed by atoms with Crippen LogP contribution in [0, 0.1) is 35.5 Å². The molecule has 0 spiro atoms. The number of piperidine rings is 1. The largest absolute Gasteiger partial charge is 0.460 e. The number of ketones is 3. The molecule has 4 rings (SSSR count). The van der Waals surface area contributed by atoms with Gasteiger partial charge in [-0.15, -0.1) is 0 Å². The molecule has 73 heavy (non-hydrogen) atoms. The average molecular weight is 1060 g/mol. The van der Waals surface area contributed by atoms with E-state index in [2.05, 4.69) is 52.3 Å². The molecule has 0 radical (unpaired) electrons. The third-order valence-electron chi connectivity index (χ3n) is 15.4. The number of carbonyl (C=O) groups excluding carboxylic acids is 5. The van der Waals surface area contributed by atoms with Crippen LogP contribution in [0.1, 0.15) is 126 Å². The molecule has 14 nitrogen and oxygen atoms in total. The highest BCUT2D eigenvalue weighted by atomic mass is 28.4. The molecule has 3 aliphatic heterocycles. The van der Waals surface area contributed by atoms with E-state index in [1.807, 2.05) is 65.0 Å². The summed E-state index contributed by atoms with van der Waals surface area (Å²) >= 11 is 0. The first kappa shape index (κ1) is 62.6. The van der Waals surface area contributed by atoms with Crippen molar-refractivity contribution in [2.45, 2.75) is 219 Å². The van der Waals surface area contributed by atoms with Crippen LogP contribution in [0.15, 0.2) is 47.6 Å². The Hall–Kier alpha value is -2.94. The number of hydrogen-bond donors (Lipinski definition) is 1. The molecule has 0 aromatic heterocycles. The summed E-state index contributed by atoms with van der Waals surface area (Å²) in [5, 5.41) is 12.1. The molecule has 15 atom stereocenters. The number of carbonyl (C=O) groups is 5. The third kappa shape index (κ3) is 18.1. The van der Waals surface area contributed by atoms with E-state index in [9.17, 15) is 29.1 Å². The van der Waals surface area contributed by atoms with Crippen molar-refractivity contribution in [2.75, 3.05) is 27.9 Å². The van der Waals surface area contributed by atoms with Gasteiger partial charge in [0.25, 0.3) is 11.7 Å². The molecule has 1 saturated carbocycles. The van der Waals surface area contributed by atoms with E-state index >= 15 is 0 Å². The van der Waals surface area contributed by atoms with Crippen LogP contribution in [0.5, 0.6) is 0 Å². The molecule has 1 N–H and O–H groups in total. The van der Waals surface area contributed by atoms with E-state index in [1.165, 1.54) is 12.0 Å². The van der Waals surface area contributed by atoms with E-state index in [0.29, 0.717) is 50.5 Å². The van der Waals surface area contributed by atoms with Crippen LogP contribution < -0.4 is 0 Å². The van der Waals surface area contributed by atoms with Gasteiger partial charge in [-0.2, -0.15) is 0 Å². The number of cyclic esters (lactones) is 1. The molecular weight excluding hydrogens is 963 g/mol. The number of amides is 1. The molecule has 0 aromatic rings. The predicted octanol–water partition coefficient (Wildman–Crippen LogP) is 9.90. The molecule has 1 aliphatic carbocycles. The Balaban J connectivity index is 1.76. The number of Topliss-reactive ketones (excluding diaryl/α,β-unsaturated/α-hetero) is 3. The van der Waals surface area contributed by atoms with Crippen molar-refractivity contribution in [1.29, 1.82) is 0 Å². The summed E-state index contributed by atoms with van der Waals surface area (Å²) in [6, 6.07) is -1.11. The third-order valence-corrected chi connectivity index (χ3v) is 17.4. The zero-order valence-corrected chi connectivity index (χ0v) is 49.5. The van der Waals surface area contributed by atoms with E-state index in [-0.39, 0.29) is 66.8 Å². The molecule has 15 unspecified atom stereocenters. The van der Waals surface area contributed by atoms with Crippen LogP contribution in [0.25, 0.3) is 0 Å². The summed E-state index contributed by atoms with van der Waals surface area (Å²) in [5.74, 6) is -7.19. The van der Waals surface area contributed by atoms with Crippen LogP contribution >= 0.6 is 0 Å². The van der Waals surface area contributed by atoms with Crippen molar-refractivity contribution in [3.05, 3.63) is 47.6 Å². The quantitative estimate of drug-likeness (QED) is 0.0949. The lowest BCUT2D eigenvalue weighted by molar-refractivity contribution is -0.265. The zero-order valence-electron chi connectivity index (χ0n) is 47.5. The Labute approximate surface area is 441 Å². The summed E-state index contributed by atoms with van der Waals surface area (Å²) in [5.41, 5.74) is 1.60. The predicted molar refractivity (Wildman–Crippen MR) is 290 cm³/mol. The molecule has 1 amide bonds. The molecule has 3 fully saturated rings. The second-order valence-electron chi connectivity index (χ2n) is 24.0. The van der Waals surface area contributed by atoms with Crippen molar-refractivity contribution >= 4 is 45.9 Å². The van der Waals surface area contributed by atoms with Crippen molar-refractivity contribution in [3.63, 3.8) is 0 Å². The van der Waals surface area contributed by atoms with Gasteiger partial charge in [-0.1, -0.05) is 71.1 Å². The number of allylic oxidation sites excluding steroid dienone is 6. The maximum absolute atomic E-state index is 14.7. The highest BCUT2D eigenvalue weighted by Crippen LogP contribution is 2.39. The highest BCUT2D eigenvalue weighted by molar-refractivity contribution is 6.70. The van der Waals surface area contributed by atoms with Gasteiger partial charge in [0, 0.05) is 58.5 Å². The molecule has 4 aliphatic rings. The van der Waals surface area contributed by atoms with Crippen molar-refractivity contribution < 1.29 is 61.6 Å². The van der Waals surface area contributed by atoms with Gasteiger partial charge in [0.05, 0.1) is 30.5 Å². The number of ether oxygens (including phenoxy) is 5. The lowest BCUT2D eigenvalue weighted by Crippen LogP contribution is -2.61. The SMILES string of the molecule is COC1CC2CCC(C)C(O)(O2)C(=O)C(=O)N2CCCCC2C(=O)OC(C(C)CC2CCC(O[Si](C)(C)C)C(OC)C2)CC(=O)C(C)/C=C(\C)C(O[Si](C)(C)C)C(OC)C(=O)C(C)CC(C)/C=C/C=CC=C1C. The standard InChI is InChI=1S/C57H95NO13Si2/c1-36-22-18-17-19-23-37(2)48(65-8)34-44-27-25-42(7)57(64,69-44)54(61)55(62)58-29-21-20-24-45(58)56(63)68-49(39(4)32-43-26-28-47(50(33-43)66-9)70-72(11,12)13)35-46(59)38(3)31-41(6)52(71-73(14,15)16)53(67-10)51(60)40(5)30-36/h17-19,22-23,31,36,38-40,42-45,47-50,52-53,64H,20-21,24-30,32-35H2,1-16H3/b19-17?,22-18+,37-23?,41-31+. The van der Waals surface area contributed by atoms with Crippen LogP contribution in [-0.4, -0.2) is 138 Å². The highest BCUT2D eigenvalue weighted by Gasteiger charge is 2.53. The number of rotatable bonds is 10. The molecule has 3 heterocycles. The topological polar surface area (TPSA) is 173 Å². The van der Waals surface area contributed by atoms with Gasteiger partial charge in [0.2, 0.25) is 5.79 Å².